The second-order valence-corrected chi connectivity index (χ2v) is 4.00. The normalized spacial score (nSPS) is 15.4. The van der Waals surface area contributed by atoms with E-state index in [-0.39, 0.29) is 25.2 Å². The van der Waals surface area contributed by atoms with Crippen LogP contribution in [0, 0.1) is 5.92 Å². The van der Waals surface area contributed by atoms with Crippen LogP contribution in [0.4, 0.5) is 4.79 Å². The van der Waals surface area contributed by atoms with Crippen molar-refractivity contribution in [2.45, 2.75) is 33.1 Å². The van der Waals surface area contributed by atoms with Gasteiger partial charge in [0.1, 0.15) is 0 Å². The number of rotatable bonds is 3. The van der Waals surface area contributed by atoms with Crippen LogP contribution in [0.15, 0.2) is 0 Å². The molecule has 1 fully saturated rings. The van der Waals surface area contributed by atoms with Gasteiger partial charge in [-0.05, 0) is 5.92 Å². The van der Waals surface area contributed by atoms with Crippen molar-refractivity contribution in [3.63, 3.8) is 0 Å². The number of carbonyl (C=O) groups excluding carboxylic acids is 4. The molecule has 94 valence electrons. The number of hydroxylamine groups is 2. The van der Waals surface area contributed by atoms with E-state index in [1.54, 1.807) is 13.8 Å². The Hall–Kier alpha value is -1.92. The number of ether oxygens (including phenoxy) is 1. The molecular formula is C10H13NO6. The number of nitrogens with zero attached hydrogens (tertiary/aromatic N) is 1. The maximum Gasteiger partial charge on any atom is 0.541 e. The van der Waals surface area contributed by atoms with Crippen LogP contribution in [0.3, 0.4) is 0 Å². The third-order valence-corrected chi connectivity index (χ3v) is 1.94. The minimum Gasteiger partial charge on any atom is -0.359 e. The summed E-state index contributed by atoms with van der Waals surface area (Å²) in [5, 5.41) is 0.324. The van der Waals surface area contributed by atoms with Crippen molar-refractivity contribution in [1.29, 1.82) is 0 Å². The zero-order valence-corrected chi connectivity index (χ0v) is 9.60. The van der Waals surface area contributed by atoms with Crippen molar-refractivity contribution < 1.29 is 28.8 Å². The summed E-state index contributed by atoms with van der Waals surface area (Å²) in [6.45, 7) is 3.56. The molecule has 2 amide bonds. The lowest BCUT2D eigenvalue weighted by atomic mass is 10.1. The second kappa shape index (κ2) is 5.42. The molecule has 0 atom stereocenters. The topological polar surface area (TPSA) is 90.0 Å². The number of esters is 1. The lowest BCUT2D eigenvalue weighted by Crippen LogP contribution is -2.33. The molecule has 0 radical (unpaired) electrons. The molecular weight excluding hydrogens is 230 g/mol. The molecule has 0 aromatic heterocycles. The first-order valence-corrected chi connectivity index (χ1v) is 5.18. The summed E-state index contributed by atoms with van der Waals surface area (Å²) in [6.07, 6.45) is -1.32. The molecule has 7 nitrogen and oxygen atoms in total. The van der Waals surface area contributed by atoms with Gasteiger partial charge in [-0.25, -0.2) is 4.79 Å². The summed E-state index contributed by atoms with van der Waals surface area (Å²) >= 11 is 0. The zero-order valence-electron chi connectivity index (χ0n) is 9.60. The minimum absolute atomic E-state index is 0.00788. The Labute approximate surface area is 97.6 Å². The van der Waals surface area contributed by atoms with E-state index in [1.807, 2.05) is 0 Å². The molecule has 7 heteroatoms. The number of carbonyl (C=O) groups is 4. The van der Waals surface area contributed by atoms with E-state index in [0.717, 1.165) is 0 Å². The highest BCUT2D eigenvalue weighted by Gasteiger charge is 2.33. The maximum absolute atomic E-state index is 11.1. The van der Waals surface area contributed by atoms with Crippen molar-refractivity contribution in [2.24, 2.45) is 5.92 Å². The molecule has 17 heavy (non-hydrogen) atoms. The Morgan fingerprint density at radius 3 is 2.24 bits per heavy atom. The summed E-state index contributed by atoms with van der Waals surface area (Å²) in [4.78, 5) is 48.6. The Balaban J connectivity index is 2.42. The molecule has 1 rings (SSSR count). The summed E-state index contributed by atoms with van der Waals surface area (Å²) in [6, 6.07) is 0. The van der Waals surface area contributed by atoms with Gasteiger partial charge in [0.15, 0.2) is 0 Å². The van der Waals surface area contributed by atoms with E-state index in [4.69, 9.17) is 0 Å². The molecule has 1 heterocycles. The van der Waals surface area contributed by atoms with Gasteiger partial charge in [-0.15, -0.1) is 0 Å². The number of amides is 2. The first-order valence-electron chi connectivity index (χ1n) is 5.18. The van der Waals surface area contributed by atoms with Crippen LogP contribution in [0.1, 0.15) is 33.1 Å². The van der Waals surface area contributed by atoms with Crippen LogP contribution in [-0.2, 0) is 24.0 Å². The monoisotopic (exact) mass is 243 g/mol. The van der Waals surface area contributed by atoms with Crippen LogP contribution >= 0.6 is 0 Å². The van der Waals surface area contributed by atoms with Gasteiger partial charge in [0.05, 0.1) is 0 Å². The van der Waals surface area contributed by atoms with Crippen LogP contribution in [0.2, 0.25) is 0 Å². The smallest absolute Gasteiger partial charge is 0.359 e. The van der Waals surface area contributed by atoms with Gasteiger partial charge in [-0.2, -0.15) is 0 Å². The molecule has 0 saturated carbocycles. The predicted molar refractivity (Wildman–Crippen MR) is 53.1 cm³/mol. The number of hydrogen-bond acceptors (Lipinski definition) is 6. The molecule has 0 N–H and O–H groups in total. The van der Waals surface area contributed by atoms with Crippen molar-refractivity contribution >= 4 is 23.9 Å². The Morgan fingerprint density at radius 1 is 1.24 bits per heavy atom. The predicted octanol–water partition coefficient (Wildman–Crippen LogP) is 0.776. The lowest BCUT2D eigenvalue weighted by Gasteiger charge is -2.11. The number of hydrogen-bond donors (Lipinski definition) is 0. The van der Waals surface area contributed by atoms with E-state index < -0.39 is 23.9 Å². The lowest BCUT2D eigenvalue weighted by molar-refractivity contribution is -0.179. The summed E-state index contributed by atoms with van der Waals surface area (Å²) < 4.78 is 4.27. The summed E-state index contributed by atoms with van der Waals surface area (Å²) in [5.41, 5.74) is 0. The Bertz CT molecular complexity index is 346. The van der Waals surface area contributed by atoms with Crippen LogP contribution < -0.4 is 0 Å². The molecule has 1 saturated heterocycles. The average Bonchev–Trinajstić information content (AvgIpc) is 2.47. The van der Waals surface area contributed by atoms with E-state index in [9.17, 15) is 19.2 Å². The first-order chi connectivity index (χ1) is 7.90. The second-order valence-electron chi connectivity index (χ2n) is 4.00. The zero-order chi connectivity index (χ0) is 13.0. The largest absolute Gasteiger partial charge is 0.541 e. The Kier molecular flexibility index (Phi) is 4.19. The van der Waals surface area contributed by atoms with Crippen molar-refractivity contribution in [2.75, 3.05) is 0 Å². The minimum atomic E-state index is -1.36. The van der Waals surface area contributed by atoms with E-state index >= 15 is 0 Å². The van der Waals surface area contributed by atoms with Crippen LogP contribution in [-0.4, -0.2) is 29.0 Å². The summed E-state index contributed by atoms with van der Waals surface area (Å²) in [7, 11) is 0. The van der Waals surface area contributed by atoms with Gasteiger partial charge < -0.3 is 4.74 Å². The molecule has 0 aliphatic carbocycles. The highest BCUT2D eigenvalue weighted by atomic mass is 16.8. The van der Waals surface area contributed by atoms with E-state index in [2.05, 4.69) is 9.57 Å². The van der Waals surface area contributed by atoms with Crippen molar-refractivity contribution in [1.82, 2.24) is 5.06 Å². The van der Waals surface area contributed by atoms with Gasteiger partial charge >= 0.3 is 12.1 Å². The fraction of sp³-hybridized carbons (Fsp3) is 0.600. The molecule has 0 aromatic carbocycles. The third-order valence-electron chi connectivity index (χ3n) is 1.94. The van der Waals surface area contributed by atoms with Crippen LogP contribution in [0.5, 0.6) is 0 Å². The fourth-order valence-electron chi connectivity index (χ4n) is 1.22. The average molecular weight is 243 g/mol. The quantitative estimate of drug-likeness (QED) is 0.413. The van der Waals surface area contributed by atoms with Gasteiger partial charge in [-0.1, -0.05) is 18.9 Å². The van der Waals surface area contributed by atoms with E-state index in [0.29, 0.717) is 5.06 Å². The molecule has 1 aliphatic heterocycles. The van der Waals surface area contributed by atoms with Gasteiger partial charge in [-0.3, -0.25) is 19.2 Å². The van der Waals surface area contributed by atoms with Gasteiger partial charge in [0, 0.05) is 19.3 Å². The maximum atomic E-state index is 11.1. The van der Waals surface area contributed by atoms with Crippen molar-refractivity contribution in [3.05, 3.63) is 0 Å². The molecule has 0 unspecified atom stereocenters. The Morgan fingerprint density at radius 2 is 1.76 bits per heavy atom. The van der Waals surface area contributed by atoms with Gasteiger partial charge in [0.25, 0.3) is 11.8 Å². The third kappa shape index (κ3) is 3.86. The van der Waals surface area contributed by atoms with Gasteiger partial charge in [0.2, 0.25) is 0 Å². The molecule has 0 bridgehead atoms. The SMILES string of the molecule is CC(C)CC(=O)OC(=O)ON1C(=O)CCC1=O. The fourth-order valence-corrected chi connectivity index (χ4v) is 1.22. The molecule has 0 spiro atoms. The highest BCUT2D eigenvalue weighted by Crippen LogP contribution is 2.13. The first kappa shape index (κ1) is 13.1. The molecule has 1 aliphatic rings. The highest BCUT2D eigenvalue weighted by molar-refractivity contribution is 6.01. The van der Waals surface area contributed by atoms with E-state index in [1.165, 1.54) is 0 Å². The van der Waals surface area contributed by atoms with Crippen LogP contribution in [0.25, 0.3) is 0 Å². The standard InChI is InChI=1S/C10H13NO6/c1-6(2)5-9(14)16-10(15)17-11-7(12)3-4-8(11)13/h6H,3-5H2,1-2H3. The van der Waals surface area contributed by atoms with Crippen molar-refractivity contribution in [3.8, 4) is 0 Å². The molecule has 0 aromatic rings. The summed E-state index contributed by atoms with van der Waals surface area (Å²) in [5.74, 6) is -1.97. The number of imide groups is 1.